The number of pyridine rings is 2. The number of hydrogen-bond donors (Lipinski definition) is 0. The Morgan fingerprint density at radius 1 is 0.667 bits per heavy atom. The number of benzene rings is 2. The first-order valence-corrected chi connectivity index (χ1v) is 5.93. The summed E-state index contributed by atoms with van der Waals surface area (Å²) in [6, 6.07) is 16.7. The molecule has 4 aromatic rings. The molecule has 0 saturated heterocycles. The molecule has 2 aromatic carbocycles. The summed E-state index contributed by atoms with van der Waals surface area (Å²) in [5.41, 5.74) is 2.06. The summed E-state index contributed by atoms with van der Waals surface area (Å²) in [4.78, 5) is 8.85. The van der Waals surface area contributed by atoms with E-state index in [1.807, 2.05) is 36.7 Å². The predicted molar refractivity (Wildman–Crippen MR) is 74.6 cm³/mol. The third-order valence-corrected chi connectivity index (χ3v) is 3.27. The molecule has 0 aliphatic heterocycles. The normalized spacial score (nSPS) is 11.3. The molecule has 2 nitrogen and oxygen atoms in total. The maximum absolute atomic E-state index is 4.70. The second kappa shape index (κ2) is 3.50. The van der Waals surface area contributed by atoms with Crippen molar-refractivity contribution >= 4 is 32.6 Å². The Morgan fingerprint density at radius 2 is 1.56 bits per heavy atom. The Labute approximate surface area is 104 Å². The summed E-state index contributed by atoms with van der Waals surface area (Å²) in [6.07, 6.45) is 3.70. The van der Waals surface area contributed by atoms with Crippen LogP contribution in [0.15, 0.2) is 60.9 Å². The van der Waals surface area contributed by atoms with Crippen LogP contribution in [0.1, 0.15) is 0 Å². The van der Waals surface area contributed by atoms with Crippen molar-refractivity contribution in [2.45, 2.75) is 0 Å². The zero-order valence-electron chi connectivity index (χ0n) is 9.67. The van der Waals surface area contributed by atoms with E-state index in [1.165, 1.54) is 16.2 Å². The molecule has 4 rings (SSSR count). The van der Waals surface area contributed by atoms with Gasteiger partial charge in [-0.25, -0.2) is 4.98 Å². The van der Waals surface area contributed by atoms with E-state index in [9.17, 15) is 0 Å². The number of fused-ring (bicyclic) bond motifs is 3. The molecule has 0 radical (unpaired) electrons. The first-order valence-electron chi connectivity index (χ1n) is 5.93. The summed E-state index contributed by atoms with van der Waals surface area (Å²) in [6.45, 7) is 0. The average Bonchev–Trinajstić information content (AvgIpc) is 2.42. The zero-order chi connectivity index (χ0) is 11.9. The van der Waals surface area contributed by atoms with Gasteiger partial charge in [-0.1, -0.05) is 18.2 Å². The third-order valence-electron chi connectivity index (χ3n) is 3.27. The van der Waals surface area contributed by atoms with Gasteiger partial charge < -0.3 is 0 Å². The fourth-order valence-corrected chi connectivity index (χ4v) is 2.36. The minimum atomic E-state index is 1.02. The molecule has 0 amide bonds. The van der Waals surface area contributed by atoms with Crippen LogP contribution in [0.2, 0.25) is 0 Å². The van der Waals surface area contributed by atoms with Gasteiger partial charge in [0.2, 0.25) is 0 Å². The van der Waals surface area contributed by atoms with Crippen molar-refractivity contribution in [3.8, 4) is 0 Å². The summed E-state index contributed by atoms with van der Waals surface area (Å²) in [5.74, 6) is 0. The molecule has 0 fully saturated rings. The first kappa shape index (κ1) is 9.54. The molecule has 0 aliphatic rings. The lowest BCUT2D eigenvalue weighted by Crippen LogP contribution is -1.83. The standard InChI is InChI=1S/C16H10N2/c1-2-4-15-12(3-1)8-13-7-11-5-6-17-10-14(11)9-16(13)18-15/h1-10H. The monoisotopic (exact) mass is 230 g/mol. The Hall–Kier alpha value is -2.48. The van der Waals surface area contributed by atoms with Gasteiger partial charge in [-0.3, -0.25) is 4.98 Å². The van der Waals surface area contributed by atoms with Crippen LogP contribution >= 0.6 is 0 Å². The van der Waals surface area contributed by atoms with Gasteiger partial charge in [0.05, 0.1) is 11.0 Å². The van der Waals surface area contributed by atoms with E-state index >= 15 is 0 Å². The van der Waals surface area contributed by atoms with Crippen LogP contribution in [0.3, 0.4) is 0 Å². The van der Waals surface area contributed by atoms with Crippen molar-refractivity contribution in [2.75, 3.05) is 0 Å². The third kappa shape index (κ3) is 1.36. The van der Waals surface area contributed by atoms with E-state index in [0.29, 0.717) is 0 Å². The lowest BCUT2D eigenvalue weighted by Gasteiger charge is -2.03. The fourth-order valence-electron chi connectivity index (χ4n) is 2.36. The van der Waals surface area contributed by atoms with Crippen molar-refractivity contribution < 1.29 is 0 Å². The molecule has 2 aromatic heterocycles. The minimum Gasteiger partial charge on any atom is -0.264 e. The molecule has 0 saturated carbocycles. The quantitative estimate of drug-likeness (QED) is 0.428. The summed E-state index contributed by atoms with van der Waals surface area (Å²) in [7, 11) is 0. The maximum Gasteiger partial charge on any atom is 0.0716 e. The number of rotatable bonds is 0. The molecule has 84 valence electrons. The van der Waals surface area contributed by atoms with Crippen molar-refractivity contribution in [1.29, 1.82) is 0 Å². The Bertz CT molecular complexity index is 737. The highest BCUT2D eigenvalue weighted by atomic mass is 14.7. The second-order valence-corrected chi connectivity index (χ2v) is 4.45. The largest absolute Gasteiger partial charge is 0.264 e. The smallest absolute Gasteiger partial charge is 0.0716 e. The first-order chi connectivity index (χ1) is 8.90. The Morgan fingerprint density at radius 3 is 2.56 bits per heavy atom. The lowest BCUT2D eigenvalue weighted by atomic mass is 10.1. The molecule has 0 bridgehead atoms. The molecule has 2 heterocycles. The van der Waals surface area contributed by atoms with Gasteiger partial charge >= 0.3 is 0 Å². The zero-order valence-corrected chi connectivity index (χ0v) is 9.67. The van der Waals surface area contributed by atoms with Crippen LogP contribution in [0, 0.1) is 0 Å². The summed E-state index contributed by atoms with van der Waals surface area (Å²) in [5, 5.41) is 4.69. The van der Waals surface area contributed by atoms with Crippen molar-refractivity contribution in [3.05, 3.63) is 60.9 Å². The average molecular weight is 230 g/mol. The Kier molecular flexibility index (Phi) is 1.86. The second-order valence-electron chi connectivity index (χ2n) is 4.45. The van der Waals surface area contributed by atoms with E-state index in [1.54, 1.807) is 0 Å². The van der Waals surface area contributed by atoms with Crippen molar-refractivity contribution in [2.24, 2.45) is 0 Å². The van der Waals surface area contributed by atoms with Gasteiger partial charge in [0.1, 0.15) is 0 Å². The fraction of sp³-hybridized carbons (Fsp3) is 0. The van der Waals surface area contributed by atoms with Gasteiger partial charge in [0, 0.05) is 28.6 Å². The molecule has 0 unspecified atom stereocenters. The van der Waals surface area contributed by atoms with Crippen molar-refractivity contribution in [1.82, 2.24) is 9.97 Å². The number of para-hydroxylation sites is 1. The van der Waals surface area contributed by atoms with Gasteiger partial charge in [0.25, 0.3) is 0 Å². The highest BCUT2D eigenvalue weighted by Crippen LogP contribution is 2.24. The van der Waals surface area contributed by atoms with Gasteiger partial charge in [-0.2, -0.15) is 0 Å². The number of hydrogen-bond acceptors (Lipinski definition) is 2. The highest BCUT2D eigenvalue weighted by Gasteiger charge is 2.01. The predicted octanol–water partition coefficient (Wildman–Crippen LogP) is 3.94. The molecular formula is C16H10N2. The highest BCUT2D eigenvalue weighted by molar-refractivity contribution is 6.00. The molecule has 0 aliphatic carbocycles. The minimum absolute atomic E-state index is 1.02. The van der Waals surface area contributed by atoms with E-state index in [-0.39, 0.29) is 0 Å². The van der Waals surface area contributed by atoms with Gasteiger partial charge in [-0.05, 0) is 35.7 Å². The number of aromatic nitrogens is 2. The number of nitrogens with zero attached hydrogens (tertiary/aromatic N) is 2. The van der Waals surface area contributed by atoms with Crippen LogP contribution in [-0.2, 0) is 0 Å². The van der Waals surface area contributed by atoms with Crippen LogP contribution in [-0.4, -0.2) is 9.97 Å². The SMILES string of the molecule is c1ccc2nc3cc4cnccc4cc3cc2c1. The summed E-state index contributed by atoms with van der Waals surface area (Å²) < 4.78 is 0. The molecule has 2 heteroatoms. The molecule has 18 heavy (non-hydrogen) atoms. The molecule has 0 N–H and O–H groups in total. The van der Waals surface area contributed by atoms with E-state index in [4.69, 9.17) is 4.98 Å². The van der Waals surface area contributed by atoms with E-state index in [2.05, 4.69) is 29.2 Å². The Balaban J connectivity index is 2.20. The van der Waals surface area contributed by atoms with E-state index in [0.717, 1.165) is 16.4 Å². The van der Waals surface area contributed by atoms with E-state index < -0.39 is 0 Å². The van der Waals surface area contributed by atoms with Crippen LogP contribution < -0.4 is 0 Å². The lowest BCUT2D eigenvalue weighted by molar-refractivity contribution is 1.36. The van der Waals surface area contributed by atoms with Gasteiger partial charge in [0.15, 0.2) is 0 Å². The van der Waals surface area contributed by atoms with Crippen LogP contribution in [0.5, 0.6) is 0 Å². The van der Waals surface area contributed by atoms with Crippen LogP contribution in [0.25, 0.3) is 32.6 Å². The maximum atomic E-state index is 4.70. The van der Waals surface area contributed by atoms with Crippen LogP contribution in [0.4, 0.5) is 0 Å². The van der Waals surface area contributed by atoms with Crippen molar-refractivity contribution in [3.63, 3.8) is 0 Å². The topological polar surface area (TPSA) is 25.8 Å². The van der Waals surface area contributed by atoms with Gasteiger partial charge in [-0.15, -0.1) is 0 Å². The summed E-state index contributed by atoms with van der Waals surface area (Å²) >= 11 is 0. The molecule has 0 atom stereocenters. The molecular weight excluding hydrogens is 220 g/mol. The molecule has 0 spiro atoms.